The number of carbonyl (C=O) groups is 1. The van der Waals surface area contributed by atoms with Gasteiger partial charge < -0.3 is 14.6 Å². The number of nitriles is 1. The minimum absolute atomic E-state index is 0.0433. The van der Waals surface area contributed by atoms with Gasteiger partial charge in [-0.3, -0.25) is 14.3 Å². The van der Waals surface area contributed by atoms with Crippen LogP contribution in [0, 0.1) is 25.2 Å². The summed E-state index contributed by atoms with van der Waals surface area (Å²) in [5.41, 5.74) is 3.09. The summed E-state index contributed by atoms with van der Waals surface area (Å²) in [6.45, 7) is 7.70. The highest BCUT2D eigenvalue weighted by Gasteiger charge is 2.27. The number of nitrogens with one attached hydrogen (secondary N) is 1. The van der Waals surface area contributed by atoms with E-state index in [9.17, 15) is 10.1 Å². The number of fused-ring (bicyclic) bond motifs is 1. The van der Waals surface area contributed by atoms with E-state index in [1.165, 1.54) is 0 Å². The van der Waals surface area contributed by atoms with Crippen LogP contribution in [0.4, 0.5) is 5.82 Å². The maximum absolute atomic E-state index is 13.0. The molecule has 31 heavy (non-hydrogen) atoms. The third-order valence-electron chi connectivity index (χ3n) is 6.06. The zero-order valence-corrected chi connectivity index (χ0v) is 18.2. The van der Waals surface area contributed by atoms with Gasteiger partial charge in [-0.05, 0) is 50.6 Å². The Morgan fingerprint density at radius 1 is 1.29 bits per heavy atom. The molecule has 8 nitrogen and oxygen atoms in total. The van der Waals surface area contributed by atoms with E-state index in [4.69, 9.17) is 4.74 Å². The molecule has 2 aromatic heterocycles. The first-order valence-electron chi connectivity index (χ1n) is 10.3. The maximum atomic E-state index is 13.0. The zero-order chi connectivity index (χ0) is 22.1. The molecular weight excluding hydrogens is 392 g/mol. The highest BCUT2D eigenvalue weighted by atomic mass is 16.5. The smallest absolute Gasteiger partial charge is 0.239 e. The topological polar surface area (TPSA) is 88.1 Å². The van der Waals surface area contributed by atoms with E-state index >= 15 is 0 Å². The molecule has 1 unspecified atom stereocenters. The fourth-order valence-electron chi connectivity index (χ4n) is 4.16. The third-order valence-corrected chi connectivity index (χ3v) is 6.06. The summed E-state index contributed by atoms with van der Waals surface area (Å²) in [4.78, 5) is 19.5. The number of nitrogens with zero attached hydrogens (tertiary/aromatic N) is 5. The van der Waals surface area contributed by atoms with Crippen molar-refractivity contribution >= 4 is 11.7 Å². The van der Waals surface area contributed by atoms with E-state index in [0.29, 0.717) is 11.4 Å². The predicted octanol–water partition coefficient (Wildman–Crippen LogP) is 3.19. The van der Waals surface area contributed by atoms with Crippen LogP contribution in [-0.4, -0.2) is 45.1 Å². The normalized spacial score (nSPS) is 15.9. The van der Waals surface area contributed by atoms with Gasteiger partial charge in [0.25, 0.3) is 0 Å². The Morgan fingerprint density at radius 3 is 2.71 bits per heavy atom. The van der Waals surface area contributed by atoms with Gasteiger partial charge in [0, 0.05) is 36.9 Å². The molecule has 3 aromatic rings. The average molecular weight is 419 g/mol. The molecule has 1 atom stereocenters. The summed E-state index contributed by atoms with van der Waals surface area (Å²) in [5.74, 6) is 2.05. The monoisotopic (exact) mass is 418 g/mol. The number of imidazole rings is 1. The summed E-state index contributed by atoms with van der Waals surface area (Å²) >= 11 is 0. The van der Waals surface area contributed by atoms with E-state index in [0.717, 1.165) is 41.6 Å². The summed E-state index contributed by atoms with van der Waals surface area (Å²) in [6.07, 6.45) is 3.76. The lowest BCUT2D eigenvalue weighted by atomic mass is 10.2. The van der Waals surface area contributed by atoms with E-state index in [1.54, 1.807) is 13.3 Å². The number of hydrogen-bond donors (Lipinski definition) is 1. The molecule has 0 bridgehead atoms. The number of hydrogen-bond acceptors (Lipinski definition) is 5. The van der Waals surface area contributed by atoms with Crippen LogP contribution in [0.5, 0.6) is 5.75 Å². The van der Waals surface area contributed by atoms with Crippen LogP contribution in [0.3, 0.4) is 0 Å². The standard InChI is InChI=1S/C23H26N6O2/c1-15-16(2)29(18-5-7-19(31-4)8-6-18)23(20(15)13-24)26-21(30)14-28-12-11-27-10-9-25-22(27)17(28)3/h5-10,17H,11-12,14H2,1-4H3,(H,26,30). The van der Waals surface area contributed by atoms with Gasteiger partial charge in [-0.15, -0.1) is 0 Å². The van der Waals surface area contributed by atoms with Crippen LogP contribution >= 0.6 is 0 Å². The fraction of sp³-hybridized carbons (Fsp3) is 0.348. The molecule has 0 spiro atoms. The molecule has 1 N–H and O–H groups in total. The van der Waals surface area contributed by atoms with Gasteiger partial charge in [0.15, 0.2) is 0 Å². The second kappa shape index (κ2) is 8.28. The summed E-state index contributed by atoms with van der Waals surface area (Å²) in [7, 11) is 1.62. The molecule has 1 amide bonds. The Hall–Kier alpha value is -3.57. The van der Waals surface area contributed by atoms with Crippen molar-refractivity contribution in [2.75, 3.05) is 25.5 Å². The van der Waals surface area contributed by atoms with Gasteiger partial charge in [-0.2, -0.15) is 5.26 Å². The number of rotatable bonds is 5. The third kappa shape index (κ3) is 3.68. The second-order valence-electron chi connectivity index (χ2n) is 7.75. The molecule has 0 saturated carbocycles. The number of benzene rings is 1. The molecule has 3 heterocycles. The van der Waals surface area contributed by atoms with Gasteiger partial charge in [-0.1, -0.05) is 0 Å². The Balaban J connectivity index is 1.61. The van der Waals surface area contributed by atoms with E-state index in [-0.39, 0.29) is 18.5 Å². The van der Waals surface area contributed by atoms with Gasteiger partial charge in [-0.25, -0.2) is 4.98 Å². The van der Waals surface area contributed by atoms with Crippen LogP contribution < -0.4 is 10.1 Å². The van der Waals surface area contributed by atoms with Crippen molar-refractivity contribution in [2.45, 2.75) is 33.4 Å². The van der Waals surface area contributed by atoms with Crippen molar-refractivity contribution in [3.05, 3.63) is 59.3 Å². The van der Waals surface area contributed by atoms with Crippen LogP contribution in [0.1, 0.15) is 35.6 Å². The first-order chi connectivity index (χ1) is 14.9. The summed E-state index contributed by atoms with van der Waals surface area (Å²) in [6, 6.07) is 9.84. The summed E-state index contributed by atoms with van der Waals surface area (Å²) in [5, 5.41) is 12.8. The molecular formula is C23H26N6O2. The van der Waals surface area contributed by atoms with Crippen LogP contribution in [0.25, 0.3) is 5.69 Å². The van der Waals surface area contributed by atoms with Gasteiger partial charge in [0.05, 0.1) is 25.3 Å². The molecule has 1 aliphatic heterocycles. The molecule has 0 fully saturated rings. The van der Waals surface area contributed by atoms with Crippen LogP contribution in [-0.2, 0) is 11.3 Å². The lowest BCUT2D eigenvalue weighted by Crippen LogP contribution is -2.41. The Morgan fingerprint density at radius 2 is 2.03 bits per heavy atom. The number of methoxy groups -OCH3 is 1. The van der Waals surface area contributed by atoms with Gasteiger partial charge >= 0.3 is 0 Å². The number of anilines is 1. The highest BCUT2D eigenvalue weighted by molar-refractivity contribution is 5.93. The van der Waals surface area contributed by atoms with Crippen LogP contribution in [0.15, 0.2) is 36.7 Å². The van der Waals surface area contributed by atoms with Gasteiger partial charge in [0.1, 0.15) is 23.5 Å². The number of carbonyl (C=O) groups excluding carboxylic acids is 1. The molecule has 0 saturated heterocycles. The van der Waals surface area contributed by atoms with Crippen LogP contribution in [0.2, 0.25) is 0 Å². The van der Waals surface area contributed by atoms with Crippen molar-refractivity contribution < 1.29 is 9.53 Å². The molecule has 1 aromatic carbocycles. The number of ether oxygens (including phenoxy) is 1. The highest BCUT2D eigenvalue weighted by Crippen LogP contribution is 2.31. The molecule has 0 radical (unpaired) electrons. The lowest BCUT2D eigenvalue weighted by molar-refractivity contribution is -0.118. The zero-order valence-electron chi connectivity index (χ0n) is 18.2. The van der Waals surface area contributed by atoms with E-state index in [2.05, 4.69) is 32.8 Å². The van der Waals surface area contributed by atoms with E-state index < -0.39 is 0 Å². The van der Waals surface area contributed by atoms with Crippen molar-refractivity contribution in [1.29, 1.82) is 5.26 Å². The second-order valence-corrected chi connectivity index (χ2v) is 7.75. The van der Waals surface area contributed by atoms with Crippen molar-refractivity contribution in [3.63, 3.8) is 0 Å². The molecule has 1 aliphatic rings. The Bertz CT molecular complexity index is 1150. The predicted molar refractivity (Wildman–Crippen MR) is 117 cm³/mol. The average Bonchev–Trinajstić information content (AvgIpc) is 3.34. The largest absolute Gasteiger partial charge is 0.497 e. The molecule has 8 heteroatoms. The maximum Gasteiger partial charge on any atom is 0.239 e. The van der Waals surface area contributed by atoms with Crippen molar-refractivity contribution in [3.8, 4) is 17.5 Å². The minimum atomic E-state index is -0.157. The molecule has 160 valence electrons. The van der Waals surface area contributed by atoms with Crippen molar-refractivity contribution in [2.24, 2.45) is 0 Å². The SMILES string of the molecule is COc1ccc(-n2c(C)c(C)c(C#N)c2NC(=O)CN2CCn3ccnc3C2C)cc1. The van der Waals surface area contributed by atoms with E-state index in [1.807, 2.05) is 48.9 Å². The van der Waals surface area contributed by atoms with Gasteiger partial charge in [0.2, 0.25) is 5.91 Å². The quantitative estimate of drug-likeness (QED) is 0.688. The summed E-state index contributed by atoms with van der Waals surface area (Å²) < 4.78 is 9.28. The fourth-order valence-corrected chi connectivity index (χ4v) is 4.16. The first-order valence-corrected chi connectivity index (χ1v) is 10.3. The number of aromatic nitrogens is 3. The first kappa shape index (κ1) is 20.7. The number of amides is 1. The van der Waals surface area contributed by atoms with Crippen molar-refractivity contribution in [1.82, 2.24) is 19.0 Å². The molecule has 4 rings (SSSR count). The molecule has 0 aliphatic carbocycles. The lowest BCUT2D eigenvalue weighted by Gasteiger charge is -2.33. The Kier molecular flexibility index (Phi) is 5.53. The Labute approximate surface area is 181 Å². The minimum Gasteiger partial charge on any atom is -0.497 e.